The van der Waals surface area contributed by atoms with Crippen LogP contribution in [0.4, 0.5) is 20.2 Å². The number of para-hydroxylation sites is 1. The van der Waals surface area contributed by atoms with Gasteiger partial charge in [-0.15, -0.1) is 0 Å². The molecule has 3 rings (SSSR count). The zero-order chi connectivity index (χ0) is 15.0. The van der Waals surface area contributed by atoms with Gasteiger partial charge >= 0.3 is 0 Å². The molecule has 2 aromatic rings. The minimum absolute atomic E-state index is 0.256. The highest BCUT2D eigenvalue weighted by Gasteiger charge is 2.29. The number of anilines is 2. The normalized spacial score (nSPS) is 13.8. The molecule has 1 aliphatic heterocycles. The fourth-order valence-electron chi connectivity index (χ4n) is 2.74. The molecule has 0 bridgehead atoms. The minimum atomic E-state index is -2.50. The van der Waals surface area contributed by atoms with E-state index in [1.54, 1.807) is 23.1 Å². The maximum absolute atomic E-state index is 12.6. The first kappa shape index (κ1) is 13.6. The molecular weight excluding hydrogens is 276 g/mol. The molecular formula is C15H15F2N3O. The van der Waals surface area contributed by atoms with Gasteiger partial charge in [-0.25, -0.2) is 8.78 Å². The van der Waals surface area contributed by atoms with Crippen LogP contribution in [0.15, 0.2) is 36.5 Å². The molecule has 1 aromatic heterocycles. The summed E-state index contributed by atoms with van der Waals surface area (Å²) in [6, 6.07) is 8.67. The van der Waals surface area contributed by atoms with Gasteiger partial charge in [0.05, 0.1) is 17.9 Å². The topological polar surface area (TPSA) is 51.3 Å². The molecule has 0 radical (unpaired) electrons. The van der Waals surface area contributed by atoms with Gasteiger partial charge in [-0.05, 0) is 30.2 Å². The van der Waals surface area contributed by atoms with Crippen LogP contribution in [-0.2, 0) is 13.0 Å². The highest BCUT2D eigenvalue weighted by Crippen LogP contribution is 2.34. The quantitative estimate of drug-likeness (QED) is 0.884. The predicted molar refractivity (Wildman–Crippen MR) is 76.7 cm³/mol. The van der Waals surface area contributed by atoms with Crippen molar-refractivity contribution in [2.75, 3.05) is 17.2 Å². The molecule has 2 heterocycles. The number of fused-ring (bicyclic) bond motifs is 1. The van der Waals surface area contributed by atoms with Crippen LogP contribution in [0.5, 0.6) is 0 Å². The fourth-order valence-corrected chi connectivity index (χ4v) is 2.74. The zero-order valence-electron chi connectivity index (χ0n) is 11.3. The molecule has 0 spiro atoms. The van der Waals surface area contributed by atoms with E-state index in [1.165, 1.54) is 10.8 Å². The van der Waals surface area contributed by atoms with Crippen molar-refractivity contribution in [2.24, 2.45) is 0 Å². The number of carbonyl (C=O) groups is 1. The molecule has 0 saturated carbocycles. The Kier molecular flexibility index (Phi) is 3.37. The second-order valence-corrected chi connectivity index (χ2v) is 5.00. The van der Waals surface area contributed by atoms with E-state index in [4.69, 9.17) is 5.73 Å². The molecule has 2 N–H and O–H groups in total. The van der Waals surface area contributed by atoms with Crippen molar-refractivity contribution in [2.45, 2.75) is 19.4 Å². The third-order valence-electron chi connectivity index (χ3n) is 3.65. The molecule has 4 nitrogen and oxygen atoms in total. The maximum atomic E-state index is 12.6. The number of halogens is 2. The molecule has 0 atom stereocenters. The molecule has 110 valence electrons. The summed E-state index contributed by atoms with van der Waals surface area (Å²) in [5, 5.41) is 0. The number of aromatic nitrogens is 1. The molecule has 0 aliphatic carbocycles. The first-order valence-electron chi connectivity index (χ1n) is 6.70. The van der Waals surface area contributed by atoms with E-state index >= 15 is 0 Å². The van der Waals surface area contributed by atoms with Gasteiger partial charge in [-0.2, -0.15) is 0 Å². The van der Waals surface area contributed by atoms with Gasteiger partial charge in [0.2, 0.25) is 0 Å². The fraction of sp³-hybridized carbons (Fsp3) is 0.267. The zero-order valence-corrected chi connectivity index (χ0v) is 11.3. The van der Waals surface area contributed by atoms with Crippen molar-refractivity contribution in [1.82, 2.24) is 4.57 Å². The average molecular weight is 291 g/mol. The summed E-state index contributed by atoms with van der Waals surface area (Å²) in [5.41, 5.74) is 8.45. The number of hydrogen-bond acceptors (Lipinski definition) is 2. The molecule has 6 heteroatoms. The lowest BCUT2D eigenvalue weighted by atomic mass is 10.1. The maximum Gasteiger partial charge on any atom is 0.274 e. The third-order valence-corrected chi connectivity index (χ3v) is 3.65. The lowest BCUT2D eigenvalue weighted by Crippen LogP contribution is -2.31. The van der Waals surface area contributed by atoms with Crippen molar-refractivity contribution in [1.29, 1.82) is 0 Å². The van der Waals surface area contributed by atoms with E-state index in [0.717, 1.165) is 12.0 Å². The number of rotatable bonds is 3. The molecule has 21 heavy (non-hydrogen) atoms. The first-order chi connectivity index (χ1) is 10.1. The van der Waals surface area contributed by atoms with Gasteiger partial charge in [0.25, 0.3) is 12.3 Å². The Morgan fingerprint density at radius 2 is 2.10 bits per heavy atom. The Bertz CT molecular complexity index is 681. The van der Waals surface area contributed by atoms with Crippen LogP contribution in [-0.4, -0.2) is 23.4 Å². The van der Waals surface area contributed by atoms with E-state index in [1.807, 2.05) is 12.1 Å². The highest BCUT2D eigenvalue weighted by molar-refractivity contribution is 6.08. The van der Waals surface area contributed by atoms with Gasteiger partial charge in [-0.1, -0.05) is 12.1 Å². The Balaban J connectivity index is 1.94. The Morgan fingerprint density at radius 1 is 1.29 bits per heavy atom. The molecule has 0 fully saturated rings. The summed E-state index contributed by atoms with van der Waals surface area (Å²) in [6.07, 6.45) is -0.285. The van der Waals surface area contributed by atoms with E-state index in [-0.39, 0.29) is 11.6 Å². The van der Waals surface area contributed by atoms with Gasteiger partial charge in [0.1, 0.15) is 5.69 Å². The van der Waals surface area contributed by atoms with Gasteiger partial charge in [0.15, 0.2) is 0 Å². The summed E-state index contributed by atoms with van der Waals surface area (Å²) >= 11 is 0. The first-order valence-corrected chi connectivity index (χ1v) is 6.70. The van der Waals surface area contributed by atoms with Crippen LogP contribution in [0, 0.1) is 0 Å². The second kappa shape index (κ2) is 5.20. The van der Waals surface area contributed by atoms with E-state index < -0.39 is 13.0 Å². The van der Waals surface area contributed by atoms with Crippen molar-refractivity contribution in [3.05, 3.63) is 47.8 Å². The summed E-state index contributed by atoms with van der Waals surface area (Å²) < 4.78 is 26.4. The van der Waals surface area contributed by atoms with Crippen LogP contribution < -0.4 is 10.6 Å². The molecule has 1 amide bonds. The summed E-state index contributed by atoms with van der Waals surface area (Å²) in [6.45, 7) is 0.0290. The van der Waals surface area contributed by atoms with Gasteiger partial charge in [-0.3, -0.25) is 4.79 Å². The minimum Gasteiger partial charge on any atom is -0.397 e. The number of nitrogen functional groups attached to an aromatic ring is 1. The van der Waals surface area contributed by atoms with E-state index in [0.29, 0.717) is 17.9 Å². The largest absolute Gasteiger partial charge is 0.397 e. The third kappa shape index (κ3) is 2.37. The number of benzene rings is 1. The average Bonchev–Trinajstić information content (AvgIpc) is 3.04. The summed E-state index contributed by atoms with van der Waals surface area (Å²) in [5.74, 6) is -0.294. The van der Waals surface area contributed by atoms with Crippen molar-refractivity contribution < 1.29 is 13.6 Å². The predicted octanol–water partition coefficient (Wildman–Crippen LogP) is 2.54. The number of nitrogens with zero attached hydrogens (tertiary/aromatic N) is 2. The SMILES string of the molecule is Nc1cccc2c1N(C(=O)c1cccn1CC(F)F)CC2. The summed E-state index contributed by atoms with van der Waals surface area (Å²) in [7, 11) is 0. The Labute approximate surface area is 120 Å². The monoisotopic (exact) mass is 291 g/mol. The molecule has 0 unspecified atom stereocenters. The second-order valence-electron chi connectivity index (χ2n) is 5.00. The molecule has 1 aromatic carbocycles. The number of nitrogens with two attached hydrogens (primary N) is 1. The molecule has 0 saturated heterocycles. The Hall–Kier alpha value is -2.37. The molecule has 1 aliphatic rings. The van der Waals surface area contributed by atoms with Crippen LogP contribution in [0.3, 0.4) is 0 Å². The van der Waals surface area contributed by atoms with Crippen LogP contribution >= 0.6 is 0 Å². The van der Waals surface area contributed by atoms with Crippen LogP contribution in [0.2, 0.25) is 0 Å². The highest BCUT2D eigenvalue weighted by atomic mass is 19.3. The van der Waals surface area contributed by atoms with Crippen LogP contribution in [0.1, 0.15) is 16.1 Å². The van der Waals surface area contributed by atoms with Crippen molar-refractivity contribution in [3.8, 4) is 0 Å². The van der Waals surface area contributed by atoms with E-state index in [9.17, 15) is 13.6 Å². The Morgan fingerprint density at radius 3 is 2.86 bits per heavy atom. The number of hydrogen-bond donors (Lipinski definition) is 1. The van der Waals surface area contributed by atoms with Gasteiger partial charge < -0.3 is 15.2 Å². The lowest BCUT2D eigenvalue weighted by Gasteiger charge is -2.20. The lowest BCUT2D eigenvalue weighted by molar-refractivity contribution is 0.0965. The number of alkyl halides is 2. The van der Waals surface area contributed by atoms with Crippen molar-refractivity contribution >= 4 is 17.3 Å². The standard InChI is InChI=1S/C15H15F2N3O/c16-13(17)9-19-7-2-5-12(19)15(21)20-8-6-10-3-1-4-11(18)14(10)20/h1-5,7,13H,6,8-9,18H2. The number of amides is 1. The van der Waals surface area contributed by atoms with E-state index in [2.05, 4.69) is 0 Å². The van der Waals surface area contributed by atoms with Crippen LogP contribution in [0.25, 0.3) is 0 Å². The number of carbonyl (C=O) groups excluding carboxylic acids is 1. The van der Waals surface area contributed by atoms with Crippen molar-refractivity contribution in [3.63, 3.8) is 0 Å². The smallest absolute Gasteiger partial charge is 0.274 e. The van der Waals surface area contributed by atoms with Gasteiger partial charge in [0, 0.05) is 12.7 Å². The summed E-state index contributed by atoms with van der Waals surface area (Å²) in [4.78, 5) is 14.2.